The Bertz CT molecular complexity index is 699. The number of urea groups is 1. The van der Waals surface area contributed by atoms with Crippen molar-refractivity contribution in [2.24, 2.45) is 0 Å². The zero-order valence-electron chi connectivity index (χ0n) is 10.1. The summed E-state index contributed by atoms with van der Waals surface area (Å²) in [5, 5.41) is 5.10. The summed E-state index contributed by atoms with van der Waals surface area (Å²) in [5.74, 6) is 0. The highest BCUT2D eigenvalue weighted by Gasteiger charge is 2.09. The fourth-order valence-corrected chi connectivity index (χ4v) is 1.92. The Labute approximate surface area is 115 Å². The molecular weight excluding hydrogens is 282 g/mol. The molecule has 0 spiro atoms. The van der Waals surface area contributed by atoms with E-state index in [9.17, 15) is 13.2 Å². The lowest BCUT2D eigenvalue weighted by Gasteiger charge is -2.07. The van der Waals surface area contributed by atoms with Crippen LogP contribution in [0.2, 0.25) is 0 Å². The summed E-state index contributed by atoms with van der Waals surface area (Å²) in [4.78, 5) is 15.2. The van der Waals surface area contributed by atoms with E-state index >= 15 is 0 Å². The van der Waals surface area contributed by atoms with Crippen molar-refractivity contribution in [2.75, 3.05) is 10.6 Å². The van der Waals surface area contributed by atoms with Crippen LogP contribution < -0.4 is 10.6 Å². The molecule has 3 N–H and O–H groups in total. The van der Waals surface area contributed by atoms with Crippen molar-refractivity contribution >= 4 is 27.5 Å². The van der Waals surface area contributed by atoms with Crippen molar-refractivity contribution in [3.8, 4) is 0 Å². The molecule has 2 amide bonds. The van der Waals surface area contributed by atoms with Gasteiger partial charge < -0.3 is 10.6 Å². The number of aromatic nitrogens is 1. The first-order valence-electron chi connectivity index (χ1n) is 5.51. The topological polar surface area (TPSA) is 108 Å². The molecule has 0 saturated heterocycles. The highest BCUT2D eigenvalue weighted by atomic mass is 32.2. The Morgan fingerprint density at radius 2 is 1.45 bits per heavy atom. The Morgan fingerprint density at radius 3 is 1.95 bits per heavy atom. The number of anilines is 2. The average Bonchev–Trinajstić information content (AvgIpc) is 2.39. The molecule has 0 radical (unpaired) electrons. The van der Waals surface area contributed by atoms with Crippen LogP contribution in [0.25, 0.3) is 0 Å². The molecule has 7 nitrogen and oxygen atoms in total. The molecule has 0 saturated carbocycles. The Balaban J connectivity index is 2.02. The molecule has 1 aromatic carbocycles. The summed E-state index contributed by atoms with van der Waals surface area (Å²) < 4.78 is 30.5. The zero-order valence-corrected chi connectivity index (χ0v) is 11.0. The van der Waals surface area contributed by atoms with Crippen molar-refractivity contribution in [3.63, 3.8) is 0 Å². The lowest BCUT2D eigenvalue weighted by molar-refractivity contribution is 0.262. The highest BCUT2D eigenvalue weighted by Crippen LogP contribution is 2.14. The van der Waals surface area contributed by atoms with E-state index in [0.29, 0.717) is 11.4 Å². The molecule has 104 valence electrons. The van der Waals surface area contributed by atoms with Crippen LogP contribution in [0, 0.1) is 0 Å². The number of rotatable bonds is 3. The van der Waals surface area contributed by atoms with Gasteiger partial charge in [0.1, 0.15) is 0 Å². The lowest BCUT2D eigenvalue weighted by atomic mass is 10.3. The van der Waals surface area contributed by atoms with Crippen molar-refractivity contribution in [2.45, 2.75) is 4.90 Å². The second-order valence-corrected chi connectivity index (χ2v) is 5.24. The van der Waals surface area contributed by atoms with Crippen LogP contribution >= 0.6 is 0 Å². The normalized spacial score (nSPS) is 10.8. The van der Waals surface area contributed by atoms with E-state index in [2.05, 4.69) is 15.6 Å². The molecule has 0 unspecified atom stereocenters. The van der Waals surface area contributed by atoms with E-state index in [-0.39, 0.29) is 4.90 Å². The first-order valence-corrected chi connectivity index (χ1v) is 6.95. The second-order valence-electron chi connectivity index (χ2n) is 3.81. The summed E-state index contributed by atoms with van der Waals surface area (Å²) >= 11 is 0. The Morgan fingerprint density at radius 1 is 0.950 bits per heavy atom. The number of pyridine rings is 1. The predicted molar refractivity (Wildman–Crippen MR) is 73.1 cm³/mol. The Hall–Kier alpha value is -2.45. The summed E-state index contributed by atoms with van der Waals surface area (Å²) in [5.41, 5.74) is 0.969. The monoisotopic (exact) mass is 293 g/mol. The van der Waals surface area contributed by atoms with Crippen LogP contribution in [0.4, 0.5) is 16.2 Å². The minimum absolute atomic E-state index is 0.238. The predicted octanol–water partition coefficient (Wildman–Crippen LogP) is 1.97. The quantitative estimate of drug-likeness (QED) is 0.750. The van der Waals surface area contributed by atoms with Gasteiger partial charge in [0.2, 0.25) is 0 Å². The number of carbonyl (C=O) groups is 1. The molecule has 0 aliphatic carbocycles. The number of hydrogen-bond donors (Lipinski definition) is 3. The third-order valence-electron chi connectivity index (χ3n) is 2.35. The molecule has 0 aliphatic rings. The molecule has 1 aromatic heterocycles. The molecule has 0 fully saturated rings. The minimum atomic E-state index is -4.23. The molecule has 20 heavy (non-hydrogen) atoms. The molecule has 2 rings (SSSR count). The van der Waals surface area contributed by atoms with Gasteiger partial charge in [-0.05, 0) is 36.4 Å². The van der Waals surface area contributed by atoms with Crippen molar-refractivity contribution in [1.82, 2.24) is 4.98 Å². The zero-order chi connectivity index (χ0) is 14.6. The molecule has 8 heteroatoms. The standard InChI is InChI=1S/C12H11N3O4S/c16-12(15-10-5-7-13-8-6-10)14-9-1-3-11(4-2-9)20(17,18)19/h1-8H,(H,17,18,19)(H2,13,14,15,16). The first kappa shape index (κ1) is 14.0. The number of carbonyl (C=O) groups excluding carboxylic acids is 1. The van der Waals surface area contributed by atoms with Crippen LogP contribution in [0.3, 0.4) is 0 Å². The first-order chi connectivity index (χ1) is 9.45. The summed E-state index contributed by atoms with van der Waals surface area (Å²) in [7, 11) is -4.23. The van der Waals surface area contributed by atoms with Gasteiger partial charge in [-0.2, -0.15) is 8.42 Å². The van der Waals surface area contributed by atoms with E-state index < -0.39 is 16.1 Å². The van der Waals surface area contributed by atoms with Crippen LogP contribution in [0.5, 0.6) is 0 Å². The maximum atomic E-state index is 11.7. The molecule has 0 aliphatic heterocycles. The average molecular weight is 293 g/mol. The van der Waals surface area contributed by atoms with Gasteiger partial charge in [0.15, 0.2) is 0 Å². The number of nitrogens with one attached hydrogen (secondary N) is 2. The summed E-state index contributed by atoms with van der Waals surface area (Å²) in [6.07, 6.45) is 3.08. The molecule has 2 aromatic rings. The van der Waals surface area contributed by atoms with Gasteiger partial charge >= 0.3 is 6.03 Å². The fraction of sp³-hybridized carbons (Fsp3) is 0. The smallest absolute Gasteiger partial charge is 0.308 e. The van der Waals surface area contributed by atoms with E-state index in [1.807, 2.05) is 0 Å². The molecule has 0 bridgehead atoms. The number of benzene rings is 1. The maximum absolute atomic E-state index is 11.7. The largest absolute Gasteiger partial charge is 0.323 e. The SMILES string of the molecule is O=C(Nc1ccncc1)Nc1ccc(S(=O)(=O)O)cc1. The third kappa shape index (κ3) is 3.77. The van der Waals surface area contributed by atoms with Gasteiger partial charge in [0, 0.05) is 23.8 Å². The molecule has 1 heterocycles. The van der Waals surface area contributed by atoms with Crippen LogP contribution in [0.1, 0.15) is 0 Å². The maximum Gasteiger partial charge on any atom is 0.323 e. The van der Waals surface area contributed by atoms with Crippen LogP contribution in [-0.4, -0.2) is 24.0 Å². The van der Waals surface area contributed by atoms with E-state index in [1.165, 1.54) is 36.7 Å². The van der Waals surface area contributed by atoms with E-state index in [1.54, 1.807) is 12.1 Å². The van der Waals surface area contributed by atoms with Gasteiger partial charge in [-0.3, -0.25) is 9.54 Å². The van der Waals surface area contributed by atoms with Gasteiger partial charge in [0.25, 0.3) is 10.1 Å². The van der Waals surface area contributed by atoms with E-state index in [0.717, 1.165) is 0 Å². The fourth-order valence-electron chi connectivity index (χ4n) is 1.44. The molecule has 0 atom stereocenters. The van der Waals surface area contributed by atoms with Crippen LogP contribution in [-0.2, 0) is 10.1 Å². The van der Waals surface area contributed by atoms with Crippen molar-refractivity contribution in [3.05, 3.63) is 48.8 Å². The number of hydrogen-bond acceptors (Lipinski definition) is 4. The van der Waals surface area contributed by atoms with Crippen molar-refractivity contribution in [1.29, 1.82) is 0 Å². The number of amides is 2. The summed E-state index contributed by atoms with van der Waals surface area (Å²) in [6, 6.07) is 7.90. The van der Waals surface area contributed by atoms with Gasteiger partial charge in [-0.25, -0.2) is 4.79 Å². The van der Waals surface area contributed by atoms with Crippen molar-refractivity contribution < 1.29 is 17.8 Å². The van der Waals surface area contributed by atoms with Crippen LogP contribution in [0.15, 0.2) is 53.7 Å². The second kappa shape index (κ2) is 5.68. The third-order valence-corrected chi connectivity index (χ3v) is 3.22. The van der Waals surface area contributed by atoms with Gasteiger partial charge in [-0.15, -0.1) is 0 Å². The molecular formula is C12H11N3O4S. The Kier molecular flexibility index (Phi) is 3.97. The van der Waals surface area contributed by atoms with Gasteiger partial charge in [0.05, 0.1) is 4.90 Å². The summed E-state index contributed by atoms with van der Waals surface area (Å²) in [6.45, 7) is 0. The highest BCUT2D eigenvalue weighted by molar-refractivity contribution is 7.85. The minimum Gasteiger partial charge on any atom is -0.308 e. The van der Waals surface area contributed by atoms with E-state index in [4.69, 9.17) is 4.55 Å². The number of nitrogens with zero attached hydrogens (tertiary/aromatic N) is 1. The van der Waals surface area contributed by atoms with Gasteiger partial charge in [-0.1, -0.05) is 0 Å². The lowest BCUT2D eigenvalue weighted by Crippen LogP contribution is -2.19.